The van der Waals surface area contributed by atoms with Gasteiger partial charge in [0.25, 0.3) is 8.32 Å². The van der Waals surface area contributed by atoms with Gasteiger partial charge in [0.2, 0.25) is 0 Å². The van der Waals surface area contributed by atoms with Crippen molar-refractivity contribution >= 4 is 18.7 Å². The second-order valence-corrected chi connectivity index (χ2v) is 12.9. The smallest absolute Gasteiger partial charge is 0.261 e. The monoisotopic (exact) mass is 368 g/mol. The molecule has 0 aromatic heterocycles. The topological polar surface area (TPSA) is 18.5 Å². The maximum absolute atomic E-state index is 7.22. The summed E-state index contributed by atoms with van der Waals surface area (Å²) in [5.74, 6) is 0. The summed E-state index contributed by atoms with van der Waals surface area (Å²) in [6.45, 7) is 11.3. The van der Waals surface area contributed by atoms with Crippen molar-refractivity contribution in [3.63, 3.8) is 0 Å². The highest BCUT2D eigenvalue weighted by atomic mass is 28.4. The summed E-state index contributed by atoms with van der Waals surface area (Å²) in [5.41, 5.74) is 0. The van der Waals surface area contributed by atoms with Gasteiger partial charge in [-0.05, 0) is 42.1 Å². The van der Waals surface area contributed by atoms with Gasteiger partial charge in [-0.15, -0.1) is 0 Å². The Bertz CT molecular complexity index is 644. The van der Waals surface area contributed by atoms with Crippen LogP contribution in [0.1, 0.15) is 47.5 Å². The fourth-order valence-electron chi connectivity index (χ4n) is 4.38. The molecule has 26 heavy (non-hydrogen) atoms. The summed E-state index contributed by atoms with van der Waals surface area (Å²) in [6, 6.07) is 21.8. The van der Waals surface area contributed by atoms with E-state index in [0.29, 0.717) is 0 Å². The molecule has 0 N–H and O–H groups in total. The molecule has 1 saturated heterocycles. The largest absolute Gasteiger partial charge is 0.404 e. The van der Waals surface area contributed by atoms with Crippen LogP contribution in [-0.2, 0) is 9.16 Å². The molecule has 1 fully saturated rings. The lowest BCUT2D eigenvalue weighted by Gasteiger charge is -2.47. The molecule has 2 atom stereocenters. The number of hydrogen-bond acceptors (Lipinski definition) is 2. The van der Waals surface area contributed by atoms with Crippen molar-refractivity contribution < 1.29 is 9.16 Å². The van der Waals surface area contributed by atoms with Crippen LogP contribution in [0, 0.1) is 0 Å². The molecule has 0 radical (unpaired) electrons. The number of ether oxygens (including phenoxy) is 1. The Hall–Kier alpha value is -1.42. The summed E-state index contributed by atoms with van der Waals surface area (Å²) >= 11 is 0. The highest BCUT2D eigenvalue weighted by molar-refractivity contribution is 6.99. The van der Waals surface area contributed by atoms with Gasteiger partial charge in [-0.1, -0.05) is 81.4 Å². The van der Waals surface area contributed by atoms with Gasteiger partial charge in [0, 0.05) is 0 Å². The van der Waals surface area contributed by atoms with Crippen molar-refractivity contribution in [1.82, 2.24) is 0 Å². The Morgan fingerprint density at radius 3 is 1.62 bits per heavy atom. The van der Waals surface area contributed by atoms with Gasteiger partial charge in [-0.2, -0.15) is 0 Å². The molecule has 0 amide bonds. The number of benzene rings is 2. The molecular weight excluding hydrogens is 336 g/mol. The molecule has 0 saturated carbocycles. The minimum atomic E-state index is -2.45. The van der Waals surface area contributed by atoms with Crippen LogP contribution < -0.4 is 10.4 Å². The first-order valence-electron chi connectivity index (χ1n) is 9.77. The fraction of sp³-hybridized carbons (Fsp3) is 0.478. The zero-order valence-electron chi connectivity index (χ0n) is 16.7. The molecule has 1 heterocycles. The standard InChI is InChI=1S/C23H32O2Si/c1-18-16-20(17-19(2)24-18)25-26(23(3,4)5,21-12-8-6-9-13-21)22-14-10-7-11-15-22/h6-15,18-20H,16-17H2,1-5H3/t18-,19-/m0/s1. The molecule has 2 aromatic rings. The Kier molecular flexibility index (Phi) is 5.71. The second-order valence-electron chi connectivity index (χ2n) is 8.63. The average Bonchev–Trinajstić information content (AvgIpc) is 2.59. The highest BCUT2D eigenvalue weighted by Crippen LogP contribution is 2.39. The molecule has 0 unspecified atom stereocenters. The third kappa shape index (κ3) is 3.80. The number of hydrogen-bond donors (Lipinski definition) is 0. The third-order valence-corrected chi connectivity index (χ3v) is 10.5. The van der Waals surface area contributed by atoms with Crippen LogP contribution in [0.25, 0.3) is 0 Å². The molecule has 1 aliphatic rings. The van der Waals surface area contributed by atoms with Crippen LogP contribution in [0.4, 0.5) is 0 Å². The second kappa shape index (κ2) is 7.67. The summed E-state index contributed by atoms with van der Waals surface area (Å²) in [4.78, 5) is 0. The van der Waals surface area contributed by atoms with Gasteiger partial charge in [0.15, 0.2) is 0 Å². The zero-order chi connectivity index (χ0) is 18.8. The first kappa shape index (κ1) is 19.3. The summed E-state index contributed by atoms with van der Waals surface area (Å²) < 4.78 is 13.2. The van der Waals surface area contributed by atoms with Gasteiger partial charge in [-0.3, -0.25) is 0 Å². The van der Waals surface area contributed by atoms with E-state index in [-0.39, 0.29) is 23.4 Å². The SMILES string of the molecule is C[C@H]1CC(O[Si](c2ccccc2)(c2ccccc2)C(C)(C)C)C[C@H](C)O1. The highest BCUT2D eigenvalue weighted by Gasteiger charge is 2.51. The van der Waals surface area contributed by atoms with Crippen molar-refractivity contribution in [3.8, 4) is 0 Å². The van der Waals surface area contributed by atoms with Gasteiger partial charge >= 0.3 is 0 Å². The predicted octanol–water partition coefficient (Wildman–Crippen LogP) is 4.52. The molecule has 0 aliphatic carbocycles. The minimum absolute atomic E-state index is 0.0283. The minimum Gasteiger partial charge on any atom is -0.404 e. The van der Waals surface area contributed by atoms with Crippen LogP contribution in [-0.4, -0.2) is 26.6 Å². The normalized spacial score (nSPS) is 24.4. The van der Waals surface area contributed by atoms with E-state index in [1.165, 1.54) is 10.4 Å². The first-order chi connectivity index (χ1) is 12.3. The summed E-state index contributed by atoms with van der Waals surface area (Å²) in [7, 11) is -2.45. The Morgan fingerprint density at radius 2 is 1.23 bits per heavy atom. The first-order valence-corrected chi connectivity index (χ1v) is 11.7. The van der Waals surface area contributed by atoms with Crippen LogP contribution in [0.15, 0.2) is 60.7 Å². The van der Waals surface area contributed by atoms with E-state index in [1.807, 2.05) is 0 Å². The van der Waals surface area contributed by atoms with E-state index in [2.05, 4.69) is 95.3 Å². The van der Waals surface area contributed by atoms with Crippen LogP contribution >= 0.6 is 0 Å². The van der Waals surface area contributed by atoms with E-state index in [1.54, 1.807) is 0 Å². The van der Waals surface area contributed by atoms with Crippen molar-refractivity contribution in [2.45, 2.75) is 70.8 Å². The van der Waals surface area contributed by atoms with Crippen molar-refractivity contribution in [2.75, 3.05) is 0 Å². The third-order valence-electron chi connectivity index (χ3n) is 5.41. The average molecular weight is 369 g/mol. The lowest BCUT2D eigenvalue weighted by Crippen LogP contribution is -2.68. The van der Waals surface area contributed by atoms with Crippen LogP contribution in [0.3, 0.4) is 0 Å². The maximum atomic E-state index is 7.22. The molecule has 3 rings (SSSR count). The van der Waals surface area contributed by atoms with Crippen molar-refractivity contribution in [2.24, 2.45) is 0 Å². The number of rotatable bonds is 4. The molecule has 2 nitrogen and oxygen atoms in total. The van der Waals surface area contributed by atoms with Crippen molar-refractivity contribution in [1.29, 1.82) is 0 Å². The summed E-state index contributed by atoms with van der Waals surface area (Å²) in [6.07, 6.45) is 2.67. The molecule has 2 aromatic carbocycles. The molecule has 0 spiro atoms. The van der Waals surface area contributed by atoms with Gasteiger partial charge in [-0.25, -0.2) is 0 Å². The predicted molar refractivity (Wildman–Crippen MR) is 112 cm³/mol. The van der Waals surface area contributed by atoms with Gasteiger partial charge < -0.3 is 9.16 Å². The molecule has 140 valence electrons. The lowest BCUT2D eigenvalue weighted by molar-refractivity contribution is -0.0745. The Labute approximate surface area is 159 Å². The van der Waals surface area contributed by atoms with E-state index >= 15 is 0 Å². The maximum Gasteiger partial charge on any atom is 0.261 e. The summed E-state index contributed by atoms with van der Waals surface area (Å²) in [5, 5.41) is 2.73. The van der Waals surface area contributed by atoms with E-state index in [0.717, 1.165) is 12.8 Å². The van der Waals surface area contributed by atoms with Crippen molar-refractivity contribution in [3.05, 3.63) is 60.7 Å². The van der Waals surface area contributed by atoms with Gasteiger partial charge in [0.1, 0.15) is 0 Å². The fourth-order valence-corrected chi connectivity index (χ4v) is 9.09. The molecular formula is C23H32O2Si. The van der Waals surface area contributed by atoms with E-state index < -0.39 is 8.32 Å². The molecule has 1 aliphatic heterocycles. The Balaban J connectivity index is 2.11. The van der Waals surface area contributed by atoms with Crippen LogP contribution in [0.2, 0.25) is 5.04 Å². The van der Waals surface area contributed by atoms with E-state index in [9.17, 15) is 0 Å². The quantitative estimate of drug-likeness (QED) is 0.739. The Morgan fingerprint density at radius 1 is 0.808 bits per heavy atom. The zero-order valence-corrected chi connectivity index (χ0v) is 17.7. The molecule has 0 bridgehead atoms. The van der Waals surface area contributed by atoms with E-state index in [4.69, 9.17) is 9.16 Å². The van der Waals surface area contributed by atoms with Crippen LogP contribution in [0.5, 0.6) is 0 Å². The van der Waals surface area contributed by atoms with Gasteiger partial charge in [0.05, 0.1) is 18.3 Å². The molecule has 3 heteroatoms. The lowest BCUT2D eigenvalue weighted by atomic mass is 10.0.